The summed E-state index contributed by atoms with van der Waals surface area (Å²) in [6.45, 7) is 7.82. The van der Waals surface area contributed by atoms with Crippen molar-refractivity contribution in [3.63, 3.8) is 0 Å². The summed E-state index contributed by atoms with van der Waals surface area (Å²) >= 11 is 5.63. The smallest absolute Gasteiger partial charge is 0.126 e. The van der Waals surface area contributed by atoms with Crippen molar-refractivity contribution in [2.75, 3.05) is 6.54 Å². The van der Waals surface area contributed by atoms with Crippen LogP contribution in [0.25, 0.3) is 0 Å². The fraction of sp³-hybridized carbons (Fsp3) is 0.333. The van der Waals surface area contributed by atoms with E-state index >= 15 is 0 Å². The first-order valence-electron chi connectivity index (χ1n) is 4.83. The van der Waals surface area contributed by atoms with Gasteiger partial charge in [0.05, 0.1) is 0 Å². The number of halogens is 2. The average molecular weight is 228 g/mol. The molecule has 0 spiro atoms. The Morgan fingerprint density at radius 3 is 2.80 bits per heavy atom. The van der Waals surface area contributed by atoms with Crippen molar-refractivity contribution < 1.29 is 4.39 Å². The standard InChI is InChI=1S/C12H15ClFN/c1-8-4-5-11(6-12(8)14)10(3)15-7-9(2)13/h4-6,10,15H,2,7H2,1,3H3. The minimum atomic E-state index is -0.175. The van der Waals surface area contributed by atoms with E-state index in [9.17, 15) is 4.39 Å². The quantitative estimate of drug-likeness (QED) is 0.830. The van der Waals surface area contributed by atoms with Crippen LogP contribution in [0.15, 0.2) is 29.8 Å². The Morgan fingerprint density at radius 2 is 2.27 bits per heavy atom. The Kier molecular flexibility index (Phi) is 4.30. The second-order valence-electron chi connectivity index (χ2n) is 3.63. The Labute approximate surface area is 95.0 Å². The lowest BCUT2D eigenvalue weighted by molar-refractivity contribution is 0.589. The molecule has 0 aliphatic rings. The Hall–Kier alpha value is -0.860. The zero-order chi connectivity index (χ0) is 11.4. The van der Waals surface area contributed by atoms with Gasteiger partial charge in [0.1, 0.15) is 5.82 Å². The summed E-state index contributed by atoms with van der Waals surface area (Å²) in [6.07, 6.45) is 0. The van der Waals surface area contributed by atoms with E-state index in [1.165, 1.54) is 0 Å². The molecule has 0 aliphatic heterocycles. The average Bonchev–Trinajstić information content (AvgIpc) is 2.18. The second-order valence-corrected chi connectivity index (χ2v) is 4.16. The SMILES string of the molecule is C=C(Cl)CNC(C)c1ccc(C)c(F)c1. The fourth-order valence-electron chi connectivity index (χ4n) is 1.26. The summed E-state index contributed by atoms with van der Waals surface area (Å²) in [5, 5.41) is 3.70. The van der Waals surface area contributed by atoms with Crippen LogP contribution >= 0.6 is 11.6 Å². The molecule has 0 radical (unpaired) electrons. The van der Waals surface area contributed by atoms with Gasteiger partial charge in [-0.05, 0) is 31.0 Å². The topological polar surface area (TPSA) is 12.0 Å². The number of benzene rings is 1. The summed E-state index contributed by atoms with van der Waals surface area (Å²) in [5.41, 5.74) is 1.57. The van der Waals surface area contributed by atoms with Crippen LogP contribution < -0.4 is 5.32 Å². The number of rotatable bonds is 4. The maximum Gasteiger partial charge on any atom is 0.126 e. The van der Waals surface area contributed by atoms with Crippen LogP contribution in [-0.4, -0.2) is 6.54 Å². The van der Waals surface area contributed by atoms with E-state index in [2.05, 4.69) is 11.9 Å². The first-order valence-corrected chi connectivity index (χ1v) is 5.21. The molecule has 0 fully saturated rings. The molecule has 0 heterocycles. The zero-order valence-electron chi connectivity index (χ0n) is 8.98. The van der Waals surface area contributed by atoms with Crippen molar-refractivity contribution >= 4 is 11.6 Å². The van der Waals surface area contributed by atoms with Gasteiger partial charge in [-0.3, -0.25) is 0 Å². The molecular formula is C12H15ClFN. The first-order chi connectivity index (χ1) is 7.00. The molecule has 0 bridgehead atoms. The van der Waals surface area contributed by atoms with Crippen LogP contribution in [0.4, 0.5) is 4.39 Å². The van der Waals surface area contributed by atoms with Crippen molar-refractivity contribution in [2.45, 2.75) is 19.9 Å². The van der Waals surface area contributed by atoms with Gasteiger partial charge in [-0.25, -0.2) is 4.39 Å². The minimum Gasteiger partial charge on any atom is -0.305 e. The summed E-state index contributed by atoms with van der Waals surface area (Å²) in [7, 11) is 0. The lowest BCUT2D eigenvalue weighted by atomic mass is 10.1. The molecule has 0 saturated heterocycles. The van der Waals surface area contributed by atoms with Crippen molar-refractivity contribution in [3.8, 4) is 0 Å². The predicted octanol–water partition coefficient (Wildman–Crippen LogP) is 3.54. The lowest BCUT2D eigenvalue weighted by Crippen LogP contribution is -2.19. The molecule has 0 aromatic heterocycles. The number of aryl methyl sites for hydroxylation is 1. The summed E-state index contributed by atoms with van der Waals surface area (Å²) in [6, 6.07) is 5.30. The third kappa shape index (κ3) is 3.65. The Morgan fingerprint density at radius 1 is 1.60 bits per heavy atom. The van der Waals surface area contributed by atoms with Gasteiger partial charge in [-0.2, -0.15) is 0 Å². The molecule has 0 saturated carbocycles. The van der Waals surface area contributed by atoms with E-state index in [-0.39, 0.29) is 11.9 Å². The molecule has 1 aromatic carbocycles. The van der Waals surface area contributed by atoms with Gasteiger partial charge in [-0.15, -0.1) is 0 Å². The molecule has 1 aromatic rings. The normalized spacial score (nSPS) is 12.5. The third-order valence-corrected chi connectivity index (χ3v) is 2.43. The summed E-state index contributed by atoms with van der Waals surface area (Å²) in [4.78, 5) is 0. The minimum absolute atomic E-state index is 0.0654. The van der Waals surface area contributed by atoms with E-state index in [0.29, 0.717) is 17.1 Å². The molecule has 0 amide bonds. The Balaban J connectivity index is 2.69. The molecule has 1 rings (SSSR count). The highest BCUT2D eigenvalue weighted by molar-refractivity contribution is 6.29. The van der Waals surface area contributed by atoms with Gasteiger partial charge in [0.2, 0.25) is 0 Å². The summed E-state index contributed by atoms with van der Waals surface area (Å²) < 4.78 is 13.3. The van der Waals surface area contributed by atoms with Gasteiger partial charge in [0.15, 0.2) is 0 Å². The molecule has 15 heavy (non-hydrogen) atoms. The van der Waals surface area contributed by atoms with Crippen molar-refractivity contribution in [2.24, 2.45) is 0 Å². The maximum absolute atomic E-state index is 13.3. The molecule has 0 aliphatic carbocycles. The van der Waals surface area contributed by atoms with Gasteiger partial charge < -0.3 is 5.32 Å². The lowest BCUT2D eigenvalue weighted by Gasteiger charge is -2.14. The highest BCUT2D eigenvalue weighted by Gasteiger charge is 2.06. The van der Waals surface area contributed by atoms with Crippen LogP contribution in [-0.2, 0) is 0 Å². The van der Waals surface area contributed by atoms with Gasteiger partial charge in [0, 0.05) is 17.6 Å². The number of nitrogens with one attached hydrogen (secondary N) is 1. The fourth-order valence-corrected chi connectivity index (χ4v) is 1.34. The monoisotopic (exact) mass is 227 g/mol. The molecule has 1 unspecified atom stereocenters. The molecule has 82 valence electrons. The van der Waals surface area contributed by atoms with Crippen LogP contribution in [0.2, 0.25) is 0 Å². The maximum atomic E-state index is 13.3. The largest absolute Gasteiger partial charge is 0.305 e. The van der Waals surface area contributed by atoms with Gasteiger partial charge in [0.25, 0.3) is 0 Å². The van der Waals surface area contributed by atoms with Crippen molar-refractivity contribution in [1.82, 2.24) is 5.32 Å². The Bertz CT molecular complexity index is 363. The van der Waals surface area contributed by atoms with Crippen molar-refractivity contribution in [3.05, 3.63) is 46.8 Å². The van der Waals surface area contributed by atoms with E-state index in [1.54, 1.807) is 19.1 Å². The number of hydrogen-bond acceptors (Lipinski definition) is 1. The van der Waals surface area contributed by atoms with Gasteiger partial charge >= 0.3 is 0 Å². The van der Waals surface area contributed by atoms with E-state index in [4.69, 9.17) is 11.6 Å². The predicted molar refractivity (Wildman–Crippen MR) is 62.5 cm³/mol. The van der Waals surface area contributed by atoms with Crippen LogP contribution in [0.1, 0.15) is 24.1 Å². The first kappa shape index (κ1) is 12.2. The molecular weight excluding hydrogens is 213 g/mol. The molecule has 3 heteroatoms. The highest BCUT2D eigenvalue weighted by Crippen LogP contribution is 2.16. The van der Waals surface area contributed by atoms with Crippen LogP contribution in [0.3, 0.4) is 0 Å². The van der Waals surface area contributed by atoms with Crippen LogP contribution in [0, 0.1) is 12.7 Å². The van der Waals surface area contributed by atoms with E-state index in [0.717, 1.165) is 5.56 Å². The number of hydrogen-bond donors (Lipinski definition) is 1. The van der Waals surface area contributed by atoms with Crippen LogP contribution in [0.5, 0.6) is 0 Å². The highest BCUT2D eigenvalue weighted by atomic mass is 35.5. The second kappa shape index (κ2) is 5.29. The molecule has 1 N–H and O–H groups in total. The van der Waals surface area contributed by atoms with Crippen molar-refractivity contribution in [1.29, 1.82) is 0 Å². The van der Waals surface area contributed by atoms with E-state index < -0.39 is 0 Å². The zero-order valence-corrected chi connectivity index (χ0v) is 9.74. The third-order valence-electron chi connectivity index (χ3n) is 2.30. The van der Waals surface area contributed by atoms with E-state index in [1.807, 2.05) is 13.0 Å². The molecule has 1 nitrogen and oxygen atoms in total. The summed E-state index contributed by atoms with van der Waals surface area (Å²) in [5.74, 6) is -0.175. The van der Waals surface area contributed by atoms with Gasteiger partial charge in [-0.1, -0.05) is 30.3 Å². The molecule has 1 atom stereocenters.